The molecular formula is H24AlB6Li3N6. The van der Waals surface area contributed by atoms with Crippen molar-refractivity contribution in [3.8, 4) is 0 Å². The SMILES string of the molecule is [AlH6-3].[B-][NH3+].[B-][NH3+].[B-][NH3+].[B-][NH3+].[B-][NH3+].[B-][NH3+].[Li+].[Li+].[Li+]. The molecule has 0 unspecified atom stereocenters. The van der Waals surface area contributed by atoms with Crippen molar-refractivity contribution in [1.82, 2.24) is 0 Å². The van der Waals surface area contributed by atoms with Crippen LogP contribution in [0.25, 0.3) is 0 Å². The van der Waals surface area contributed by atoms with Crippen LogP contribution in [0.5, 0.6) is 0 Å². The minimum absolute atomic E-state index is 0. The van der Waals surface area contributed by atoms with Crippen LogP contribution in [-0.4, -0.2) is 65.2 Å². The standard InChI is InChI=1S/Al.6BH3N.3Li.6H/c;6*1-2;;;;;;;;;/h;6*2H3;;;;;;;;;/q-3;;;;;;;3*+1;;;;;;. The van der Waals surface area contributed by atoms with Crippen LogP contribution in [0.4, 0.5) is 0 Å². The summed E-state index contributed by atoms with van der Waals surface area (Å²) >= 11 is 0. The monoisotopic (exact) mass is 222 g/mol. The number of hydrogen-bond donors (Lipinski definition) is 6. The summed E-state index contributed by atoms with van der Waals surface area (Å²) in [6.45, 7) is 0. The molecule has 0 aromatic rings. The first-order chi connectivity index (χ1) is 6.00. The molecule has 0 heterocycles. The molecule has 0 bridgehead atoms. The molecule has 18 N–H and O–H groups in total. The van der Waals surface area contributed by atoms with E-state index < -0.39 is 0 Å². The second kappa shape index (κ2) is 775. The molecule has 0 aromatic carbocycles. The van der Waals surface area contributed by atoms with Crippen molar-refractivity contribution in [2.75, 3.05) is 0 Å². The molecule has 0 atom stereocenters. The predicted molar refractivity (Wildman–Crippen MR) is 66.0 cm³/mol. The third-order valence-corrected chi connectivity index (χ3v) is 0. The molecule has 6 nitrogen and oxygen atoms in total. The van der Waals surface area contributed by atoms with E-state index in [2.05, 4.69) is 81.8 Å². The van der Waals surface area contributed by atoms with E-state index in [-0.39, 0.29) is 73.9 Å². The van der Waals surface area contributed by atoms with E-state index in [4.69, 9.17) is 0 Å². The first-order valence-electron chi connectivity index (χ1n) is 2.45. The first-order valence-corrected chi connectivity index (χ1v) is 2.45. The van der Waals surface area contributed by atoms with Crippen LogP contribution in [0.15, 0.2) is 0 Å². The van der Waals surface area contributed by atoms with Crippen molar-refractivity contribution in [3.05, 3.63) is 0 Å². The van der Waals surface area contributed by atoms with Gasteiger partial charge in [0.1, 0.15) is 0 Å². The van der Waals surface area contributed by atoms with E-state index in [0.717, 1.165) is 0 Å². The minimum Gasteiger partial charge on any atom is -0.619 e. The summed E-state index contributed by atoms with van der Waals surface area (Å²) < 4.78 is 0. The fraction of sp³-hybridized carbons (Fsp3) is 0. The van der Waals surface area contributed by atoms with E-state index in [1.807, 2.05) is 0 Å². The van der Waals surface area contributed by atoms with Gasteiger partial charge in [-0.15, -0.1) is 0 Å². The summed E-state index contributed by atoms with van der Waals surface area (Å²) in [6.07, 6.45) is 0. The van der Waals surface area contributed by atoms with E-state index in [1.54, 1.807) is 0 Å². The van der Waals surface area contributed by atoms with Crippen LogP contribution >= 0.6 is 0 Å². The molecule has 0 rings (SSSR count). The smallest absolute Gasteiger partial charge is 0.619 e. The van der Waals surface area contributed by atoms with Gasteiger partial charge in [-0.3, -0.25) is 0 Å². The Bertz CT molecular complexity index is 28.2. The molecule has 0 aliphatic rings. The average molecular weight is 221 g/mol. The van der Waals surface area contributed by atoms with Crippen molar-refractivity contribution in [2.24, 2.45) is 0 Å². The summed E-state index contributed by atoms with van der Waals surface area (Å²) in [6, 6.07) is 0. The molecular weight excluding hydrogens is 197 g/mol. The summed E-state index contributed by atoms with van der Waals surface area (Å²) in [4.78, 5) is 0. The third kappa shape index (κ3) is 644. The van der Waals surface area contributed by atoms with Gasteiger partial charge in [-0.2, -0.15) is 0 Å². The molecule has 0 saturated carbocycles. The Balaban J connectivity index is -0.00000000321. The minimum atomic E-state index is 0. The molecule has 0 amide bonds. The molecule has 16 heteroatoms. The van der Waals surface area contributed by atoms with Gasteiger partial charge in [0, 0.05) is 0 Å². The first kappa shape index (κ1) is 78.6. The Morgan fingerprint density at radius 1 is 0.312 bits per heavy atom. The molecule has 0 aliphatic heterocycles. The van der Waals surface area contributed by atoms with Crippen molar-refractivity contribution < 1.29 is 90.4 Å². The van der Waals surface area contributed by atoms with Gasteiger partial charge in [-0.05, 0) is 0 Å². The Hall–Kier alpha value is 2.47. The largest absolute Gasteiger partial charge is 1.00 e. The Labute approximate surface area is 154 Å². The van der Waals surface area contributed by atoms with Crippen LogP contribution in [-0.2, 0) is 0 Å². The zero-order valence-corrected chi connectivity index (χ0v) is 10.7. The van der Waals surface area contributed by atoms with Crippen LogP contribution in [0.3, 0.4) is 0 Å². The van der Waals surface area contributed by atoms with Crippen LogP contribution in [0.2, 0.25) is 0 Å². The predicted octanol–water partition coefficient (Wildman–Crippen LogP) is -21.1. The zero-order valence-electron chi connectivity index (χ0n) is 10.7. The van der Waals surface area contributed by atoms with Gasteiger partial charge in [0.15, 0.2) is 0 Å². The van der Waals surface area contributed by atoms with Crippen LogP contribution < -0.4 is 90.4 Å². The Morgan fingerprint density at radius 2 is 0.312 bits per heavy atom. The van der Waals surface area contributed by atoms with E-state index in [9.17, 15) is 0 Å². The van der Waals surface area contributed by atoms with Crippen molar-refractivity contribution >= 4 is 65.2 Å². The molecule has 78 valence electrons. The molecule has 0 aromatic heterocycles. The van der Waals surface area contributed by atoms with Crippen LogP contribution in [0, 0.1) is 0 Å². The normalized spacial score (nSPS) is 2.25. The zero-order chi connectivity index (χ0) is 12.0. The fourth-order valence-electron chi connectivity index (χ4n) is 0. The second-order valence-electron chi connectivity index (χ2n) is 0. The summed E-state index contributed by atoms with van der Waals surface area (Å²) in [7, 11) is 25.5. The molecule has 0 spiro atoms. The number of hydrogen-bond acceptors (Lipinski definition) is 0. The van der Waals surface area contributed by atoms with Gasteiger partial charge in [-0.25, -0.2) is 47.9 Å². The van der Waals surface area contributed by atoms with Gasteiger partial charge in [0.25, 0.3) is 0 Å². The molecule has 16 heavy (non-hydrogen) atoms. The van der Waals surface area contributed by atoms with Gasteiger partial charge in [-0.1, -0.05) is 0 Å². The van der Waals surface area contributed by atoms with E-state index >= 15 is 0 Å². The Morgan fingerprint density at radius 3 is 0.312 bits per heavy atom. The maximum absolute atomic E-state index is 4.25. The second-order valence-corrected chi connectivity index (χ2v) is 0. The molecule has 0 aliphatic carbocycles. The van der Waals surface area contributed by atoms with Gasteiger partial charge >= 0.3 is 73.9 Å². The summed E-state index contributed by atoms with van der Waals surface area (Å²) in [5.41, 5.74) is 16.5. The summed E-state index contributed by atoms with van der Waals surface area (Å²) in [5, 5.41) is 0. The number of quaternary nitrogens is 6. The fourth-order valence-corrected chi connectivity index (χ4v) is 0. The van der Waals surface area contributed by atoms with Crippen molar-refractivity contribution in [3.63, 3.8) is 0 Å². The van der Waals surface area contributed by atoms with E-state index in [1.165, 1.54) is 0 Å². The average Bonchev–Trinajstić information content (AvgIpc) is 2.33. The molecule has 0 saturated heterocycles. The van der Waals surface area contributed by atoms with Gasteiger partial charge < -0.3 is 33.9 Å². The van der Waals surface area contributed by atoms with Crippen molar-refractivity contribution in [2.45, 2.75) is 0 Å². The Kier molecular flexibility index (Phi) is 3800. The molecule has 0 fully saturated rings. The number of rotatable bonds is 0. The maximum Gasteiger partial charge on any atom is 1.00 e. The van der Waals surface area contributed by atoms with E-state index in [0.29, 0.717) is 0 Å². The van der Waals surface area contributed by atoms with Gasteiger partial charge in [0.2, 0.25) is 0 Å². The van der Waals surface area contributed by atoms with Gasteiger partial charge in [0.05, 0.1) is 0 Å². The molecule has 18 radical (unpaired) electrons. The van der Waals surface area contributed by atoms with Crippen LogP contribution in [0.1, 0.15) is 0 Å². The topological polar surface area (TPSA) is 166 Å². The quantitative estimate of drug-likeness (QED) is 0.214. The third-order valence-electron chi connectivity index (χ3n) is 0. The maximum atomic E-state index is 4.25. The van der Waals surface area contributed by atoms with Crippen molar-refractivity contribution in [1.29, 1.82) is 0 Å². The summed E-state index contributed by atoms with van der Waals surface area (Å²) in [5.74, 6) is 0.